The Hall–Kier alpha value is -3.05. The third kappa shape index (κ3) is 5.68. The molecule has 0 saturated heterocycles. The first-order chi connectivity index (χ1) is 18.1. The fourth-order valence-corrected chi connectivity index (χ4v) is 6.62. The zero-order valence-electron chi connectivity index (χ0n) is 24.2. The molecular formula is C33H42N4S. The molecule has 0 radical (unpaired) electrons. The van der Waals surface area contributed by atoms with Crippen molar-refractivity contribution in [2.24, 2.45) is 20.6 Å². The van der Waals surface area contributed by atoms with Crippen LogP contribution in [0.15, 0.2) is 63.8 Å². The van der Waals surface area contributed by atoms with Crippen molar-refractivity contribution in [2.75, 3.05) is 11.4 Å². The molecule has 2 aromatic rings. The second-order valence-corrected chi connectivity index (χ2v) is 12.7. The normalized spacial score (nSPS) is 18.9. The van der Waals surface area contributed by atoms with Crippen molar-refractivity contribution < 1.29 is 0 Å². The minimum atomic E-state index is -0.0465. The van der Waals surface area contributed by atoms with Gasteiger partial charge in [0.2, 0.25) is 0 Å². The monoisotopic (exact) mass is 526 g/mol. The third-order valence-corrected chi connectivity index (χ3v) is 8.68. The molecule has 1 aromatic heterocycles. The van der Waals surface area contributed by atoms with E-state index in [0.29, 0.717) is 0 Å². The predicted octanol–water partition coefficient (Wildman–Crippen LogP) is 9.04. The smallest absolute Gasteiger partial charge is 0.157 e. The number of aryl methyl sites for hydroxylation is 1. The van der Waals surface area contributed by atoms with Crippen LogP contribution in [0.4, 0.5) is 5.00 Å². The van der Waals surface area contributed by atoms with Gasteiger partial charge in [0.05, 0.1) is 5.71 Å². The van der Waals surface area contributed by atoms with Crippen LogP contribution in [0.2, 0.25) is 0 Å². The molecule has 2 aliphatic rings. The van der Waals surface area contributed by atoms with Crippen LogP contribution in [0, 0.1) is 19.3 Å². The molecule has 0 spiro atoms. The Balaban J connectivity index is 1.70. The van der Waals surface area contributed by atoms with Crippen LogP contribution in [0.3, 0.4) is 0 Å². The first-order valence-corrected chi connectivity index (χ1v) is 14.6. The highest BCUT2D eigenvalue weighted by atomic mass is 32.1. The maximum Gasteiger partial charge on any atom is 0.157 e. The van der Waals surface area contributed by atoms with E-state index in [2.05, 4.69) is 113 Å². The summed E-state index contributed by atoms with van der Waals surface area (Å²) in [6.07, 6.45) is 8.40. The summed E-state index contributed by atoms with van der Waals surface area (Å²) in [5, 5.41) is 9.62. The molecule has 38 heavy (non-hydrogen) atoms. The van der Waals surface area contributed by atoms with Crippen LogP contribution in [0.1, 0.15) is 87.4 Å². The van der Waals surface area contributed by atoms with Gasteiger partial charge >= 0.3 is 0 Å². The SMILES string of the molecule is C=N/N=C1/C(CC)N=C(C2=CC=C(c3ccc(C(=C)CC(C)(C)C)cc3)CC2)c2c(sc(C)c2C)N1CC. The summed E-state index contributed by atoms with van der Waals surface area (Å²) in [4.78, 5) is 8.96. The third-order valence-electron chi connectivity index (χ3n) is 7.45. The van der Waals surface area contributed by atoms with Crippen LogP contribution < -0.4 is 4.90 Å². The summed E-state index contributed by atoms with van der Waals surface area (Å²) in [5.74, 6) is 0.892. The van der Waals surface area contributed by atoms with E-state index < -0.39 is 0 Å². The Morgan fingerprint density at radius 1 is 1.08 bits per heavy atom. The zero-order chi connectivity index (χ0) is 27.6. The molecule has 0 saturated carbocycles. The van der Waals surface area contributed by atoms with Crippen molar-refractivity contribution in [3.05, 3.63) is 75.7 Å². The first-order valence-electron chi connectivity index (χ1n) is 13.8. The fourth-order valence-electron chi connectivity index (χ4n) is 5.39. The zero-order valence-corrected chi connectivity index (χ0v) is 25.0. The number of aliphatic imine (C=N–C) groups is 1. The highest BCUT2D eigenvalue weighted by molar-refractivity contribution is 7.17. The van der Waals surface area contributed by atoms with E-state index in [-0.39, 0.29) is 11.5 Å². The number of benzene rings is 1. The number of amidine groups is 1. The number of thiophene rings is 1. The van der Waals surface area contributed by atoms with E-state index in [1.54, 1.807) is 0 Å². The molecule has 0 bridgehead atoms. The topological polar surface area (TPSA) is 40.3 Å². The molecule has 4 rings (SSSR count). The van der Waals surface area contributed by atoms with Crippen LogP contribution in [0.5, 0.6) is 0 Å². The van der Waals surface area contributed by atoms with Crippen molar-refractivity contribution >= 4 is 45.7 Å². The van der Waals surface area contributed by atoms with Gasteiger partial charge in [0.1, 0.15) is 11.0 Å². The van der Waals surface area contributed by atoms with Gasteiger partial charge in [-0.3, -0.25) is 4.99 Å². The number of anilines is 1. The van der Waals surface area contributed by atoms with Crippen LogP contribution in [-0.2, 0) is 0 Å². The molecule has 1 aromatic carbocycles. The molecule has 0 fully saturated rings. The average Bonchev–Trinajstić information content (AvgIpc) is 3.10. The number of nitrogens with zero attached hydrogens (tertiary/aromatic N) is 4. The molecular weight excluding hydrogens is 484 g/mol. The van der Waals surface area contributed by atoms with Gasteiger partial charge in [-0.25, -0.2) is 0 Å². The van der Waals surface area contributed by atoms with Crippen molar-refractivity contribution in [1.82, 2.24) is 0 Å². The minimum absolute atomic E-state index is 0.0465. The van der Waals surface area contributed by atoms with E-state index in [4.69, 9.17) is 4.99 Å². The van der Waals surface area contributed by atoms with Crippen molar-refractivity contribution in [3.8, 4) is 0 Å². The summed E-state index contributed by atoms with van der Waals surface area (Å²) in [5.41, 5.74) is 10.3. The quantitative estimate of drug-likeness (QED) is 0.262. The van der Waals surface area contributed by atoms with E-state index in [0.717, 1.165) is 43.8 Å². The molecule has 4 nitrogen and oxygen atoms in total. The number of fused-ring (bicyclic) bond motifs is 1. The lowest BCUT2D eigenvalue weighted by Gasteiger charge is -2.24. The molecule has 1 aliphatic heterocycles. The summed E-state index contributed by atoms with van der Waals surface area (Å²) in [6, 6.07) is 8.90. The Morgan fingerprint density at radius 3 is 2.29 bits per heavy atom. The molecule has 1 aliphatic carbocycles. The standard InChI is InChI=1S/C33H42N4S/c1-10-28-31(36-34-9)37(11-2)32-29(22(4)23(5)38-32)30(35-28)27-18-16-26(17-19-27)25-14-12-24(13-15-25)21(3)20-33(6,7)8/h12-16,18,28H,3,9-11,17,19-20H2,1-2,4-8H3/b36-31-. The van der Waals surface area contributed by atoms with Gasteiger partial charge in [-0.1, -0.05) is 70.7 Å². The van der Waals surface area contributed by atoms with Crippen LogP contribution >= 0.6 is 11.3 Å². The second-order valence-electron chi connectivity index (χ2n) is 11.5. The van der Waals surface area contributed by atoms with Gasteiger partial charge in [-0.05, 0) is 85.3 Å². The molecule has 1 unspecified atom stereocenters. The van der Waals surface area contributed by atoms with Gasteiger partial charge in [0.15, 0.2) is 5.84 Å². The first kappa shape index (κ1) is 28.0. The lowest BCUT2D eigenvalue weighted by atomic mass is 9.85. The van der Waals surface area contributed by atoms with Crippen LogP contribution in [-0.4, -0.2) is 30.9 Å². The maximum absolute atomic E-state index is 5.35. The molecule has 2 heterocycles. The van der Waals surface area contributed by atoms with Crippen molar-refractivity contribution in [2.45, 2.75) is 80.2 Å². The maximum atomic E-state index is 5.35. The highest BCUT2D eigenvalue weighted by Crippen LogP contribution is 2.41. The van der Waals surface area contributed by atoms with Gasteiger partial charge in [0.25, 0.3) is 0 Å². The molecule has 0 N–H and O–H groups in total. The molecule has 200 valence electrons. The fraction of sp³-hybridized carbons (Fsp3) is 0.424. The van der Waals surface area contributed by atoms with Gasteiger partial charge in [-0.2, -0.15) is 5.10 Å². The number of hydrogen-bond acceptors (Lipinski definition) is 4. The summed E-state index contributed by atoms with van der Waals surface area (Å²) in [7, 11) is 0. The number of rotatable bonds is 7. The second kappa shape index (κ2) is 11.4. The Labute approximate surface area is 233 Å². The van der Waals surface area contributed by atoms with Crippen LogP contribution in [0.25, 0.3) is 11.1 Å². The lowest BCUT2D eigenvalue weighted by molar-refractivity contribution is 0.427. The lowest BCUT2D eigenvalue weighted by Crippen LogP contribution is -2.37. The van der Waals surface area contributed by atoms with Crippen molar-refractivity contribution in [1.29, 1.82) is 0 Å². The van der Waals surface area contributed by atoms with Gasteiger partial charge < -0.3 is 4.90 Å². The largest absolute Gasteiger partial charge is 0.318 e. The number of allylic oxidation sites excluding steroid dienone is 5. The Bertz CT molecular complexity index is 1340. The Kier molecular flexibility index (Phi) is 8.37. The Morgan fingerprint density at radius 2 is 1.74 bits per heavy atom. The molecule has 0 amide bonds. The number of hydrogen-bond donors (Lipinski definition) is 0. The predicted molar refractivity (Wildman–Crippen MR) is 169 cm³/mol. The van der Waals surface area contributed by atoms with E-state index in [9.17, 15) is 0 Å². The minimum Gasteiger partial charge on any atom is -0.318 e. The summed E-state index contributed by atoms with van der Waals surface area (Å²) >= 11 is 1.83. The van der Waals surface area contributed by atoms with E-state index in [1.165, 1.54) is 48.9 Å². The average molecular weight is 527 g/mol. The molecule has 5 heteroatoms. The van der Waals surface area contributed by atoms with E-state index in [1.807, 2.05) is 11.3 Å². The van der Waals surface area contributed by atoms with E-state index >= 15 is 0 Å². The molecule has 1 atom stereocenters. The summed E-state index contributed by atoms with van der Waals surface area (Å²) in [6.45, 7) is 24.3. The highest BCUT2D eigenvalue weighted by Gasteiger charge is 2.33. The number of likely N-dealkylation sites (N-methyl/N-ethyl adjacent to an activating group) is 1. The van der Waals surface area contributed by atoms with Gasteiger partial charge in [-0.15, -0.1) is 16.4 Å². The summed E-state index contributed by atoms with van der Waals surface area (Å²) < 4.78 is 0. The van der Waals surface area contributed by atoms with Crippen molar-refractivity contribution in [3.63, 3.8) is 0 Å². The van der Waals surface area contributed by atoms with Gasteiger partial charge in [0, 0.05) is 23.7 Å².